The van der Waals surface area contributed by atoms with Crippen molar-refractivity contribution in [1.82, 2.24) is 25.3 Å². The van der Waals surface area contributed by atoms with Gasteiger partial charge in [0.05, 0.1) is 27.5 Å². The standard InChI is InChI=1S/C22H26Cl2N6O3/c1-29(2)10-4-7-18(31)30-11-8-14(9-12-30)26-22(33)20-17(13-25-28-20)27-21(32)19-15(23)5-3-6-16(19)24/h3-7,13-14H,8-12H2,1-2H3,(H,25,28)(H,26,33)(H,27,32)/b7-4+. The molecule has 3 N–H and O–H groups in total. The van der Waals surface area contributed by atoms with E-state index in [0.717, 1.165) is 0 Å². The molecule has 3 amide bonds. The van der Waals surface area contributed by atoms with Gasteiger partial charge in [0, 0.05) is 31.8 Å². The van der Waals surface area contributed by atoms with Crippen molar-refractivity contribution in [2.45, 2.75) is 18.9 Å². The number of nitrogens with zero attached hydrogens (tertiary/aromatic N) is 3. The largest absolute Gasteiger partial charge is 0.348 e. The minimum atomic E-state index is -0.546. The molecule has 0 unspecified atom stereocenters. The summed E-state index contributed by atoms with van der Waals surface area (Å²) >= 11 is 12.2. The Kier molecular flexibility index (Phi) is 8.49. The molecule has 1 aliphatic rings. The Labute approximate surface area is 202 Å². The molecule has 1 fully saturated rings. The molecule has 11 heteroatoms. The van der Waals surface area contributed by atoms with E-state index < -0.39 is 11.8 Å². The first-order valence-corrected chi connectivity index (χ1v) is 11.2. The van der Waals surface area contributed by atoms with Gasteiger partial charge in [-0.2, -0.15) is 5.10 Å². The third-order valence-electron chi connectivity index (χ3n) is 5.18. The van der Waals surface area contributed by atoms with Crippen LogP contribution in [0.1, 0.15) is 33.7 Å². The molecule has 0 saturated carbocycles. The number of piperidine rings is 1. The number of likely N-dealkylation sites (N-methyl/N-ethyl adjacent to an activating group) is 1. The van der Waals surface area contributed by atoms with Crippen LogP contribution in [0, 0.1) is 0 Å². The maximum atomic E-state index is 12.8. The van der Waals surface area contributed by atoms with Crippen LogP contribution in [0.4, 0.5) is 5.69 Å². The number of H-pyrrole nitrogens is 1. The molecule has 3 rings (SSSR count). The Morgan fingerprint density at radius 2 is 1.85 bits per heavy atom. The normalized spacial score (nSPS) is 14.6. The number of carbonyl (C=O) groups excluding carboxylic acids is 3. The quantitative estimate of drug-likeness (QED) is 0.514. The van der Waals surface area contributed by atoms with Crippen molar-refractivity contribution in [3.05, 3.63) is 57.9 Å². The molecule has 0 bridgehead atoms. The number of amides is 3. The number of benzene rings is 1. The summed E-state index contributed by atoms with van der Waals surface area (Å²) in [6.07, 6.45) is 6.02. The van der Waals surface area contributed by atoms with E-state index in [-0.39, 0.29) is 38.9 Å². The zero-order valence-corrected chi connectivity index (χ0v) is 19.9. The lowest BCUT2D eigenvalue weighted by Gasteiger charge is -2.31. The Morgan fingerprint density at radius 3 is 2.48 bits per heavy atom. The van der Waals surface area contributed by atoms with Gasteiger partial charge in [-0.25, -0.2) is 0 Å². The number of nitrogens with one attached hydrogen (secondary N) is 3. The third-order valence-corrected chi connectivity index (χ3v) is 5.81. The van der Waals surface area contributed by atoms with Gasteiger partial charge in [0.15, 0.2) is 0 Å². The summed E-state index contributed by atoms with van der Waals surface area (Å²) in [6.45, 7) is 1.80. The highest BCUT2D eigenvalue weighted by Gasteiger charge is 2.25. The molecule has 1 aliphatic heterocycles. The lowest BCUT2D eigenvalue weighted by Crippen LogP contribution is -2.46. The van der Waals surface area contributed by atoms with Crippen LogP contribution in [0.3, 0.4) is 0 Å². The van der Waals surface area contributed by atoms with Crippen LogP contribution in [0.5, 0.6) is 0 Å². The Bertz CT molecular complexity index is 1020. The van der Waals surface area contributed by atoms with Crippen molar-refractivity contribution in [2.24, 2.45) is 0 Å². The van der Waals surface area contributed by atoms with E-state index in [1.54, 1.807) is 29.2 Å². The second kappa shape index (κ2) is 11.3. The van der Waals surface area contributed by atoms with Crippen LogP contribution in [0.15, 0.2) is 36.5 Å². The molecule has 1 saturated heterocycles. The van der Waals surface area contributed by atoms with Gasteiger partial charge < -0.3 is 20.4 Å². The van der Waals surface area contributed by atoms with Gasteiger partial charge in [-0.3, -0.25) is 19.5 Å². The van der Waals surface area contributed by atoms with E-state index in [1.807, 2.05) is 25.1 Å². The Morgan fingerprint density at radius 1 is 1.18 bits per heavy atom. The lowest BCUT2D eigenvalue weighted by molar-refractivity contribution is -0.127. The van der Waals surface area contributed by atoms with Crippen molar-refractivity contribution in [3.63, 3.8) is 0 Å². The number of rotatable bonds is 7. The van der Waals surface area contributed by atoms with E-state index in [1.165, 1.54) is 6.20 Å². The van der Waals surface area contributed by atoms with Gasteiger partial charge in [-0.05, 0) is 39.1 Å². The molecule has 33 heavy (non-hydrogen) atoms. The smallest absolute Gasteiger partial charge is 0.271 e. The van der Waals surface area contributed by atoms with E-state index in [2.05, 4.69) is 20.8 Å². The molecule has 0 spiro atoms. The summed E-state index contributed by atoms with van der Waals surface area (Å²) in [5.74, 6) is -0.975. The summed E-state index contributed by atoms with van der Waals surface area (Å²) in [7, 11) is 3.87. The van der Waals surface area contributed by atoms with Crippen LogP contribution in [-0.4, -0.2) is 77.5 Å². The highest BCUT2D eigenvalue weighted by molar-refractivity contribution is 6.40. The fourth-order valence-electron chi connectivity index (χ4n) is 3.43. The zero-order valence-electron chi connectivity index (χ0n) is 18.4. The molecule has 1 aromatic carbocycles. The maximum absolute atomic E-state index is 12.8. The maximum Gasteiger partial charge on any atom is 0.271 e. The molecule has 2 heterocycles. The second-order valence-corrected chi connectivity index (χ2v) is 8.76. The summed E-state index contributed by atoms with van der Waals surface area (Å²) < 4.78 is 0. The van der Waals surface area contributed by atoms with Gasteiger partial charge in [0.2, 0.25) is 5.91 Å². The monoisotopic (exact) mass is 492 g/mol. The number of halogens is 2. The van der Waals surface area contributed by atoms with Crippen molar-refractivity contribution < 1.29 is 14.4 Å². The average molecular weight is 493 g/mol. The average Bonchev–Trinajstić information content (AvgIpc) is 3.22. The number of carbonyl (C=O) groups is 3. The summed E-state index contributed by atoms with van der Waals surface area (Å²) in [5.41, 5.74) is 0.453. The Hall–Kier alpha value is -2.88. The number of aromatic nitrogens is 2. The lowest BCUT2D eigenvalue weighted by atomic mass is 10.0. The van der Waals surface area contributed by atoms with Gasteiger partial charge in [0.1, 0.15) is 5.69 Å². The minimum Gasteiger partial charge on any atom is -0.348 e. The van der Waals surface area contributed by atoms with E-state index >= 15 is 0 Å². The minimum absolute atomic E-state index is 0.0292. The second-order valence-electron chi connectivity index (χ2n) is 7.95. The van der Waals surface area contributed by atoms with Crippen LogP contribution in [0.25, 0.3) is 0 Å². The first kappa shape index (κ1) is 24.8. The molecule has 9 nitrogen and oxygen atoms in total. The topological polar surface area (TPSA) is 110 Å². The highest BCUT2D eigenvalue weighted by Crippen LogP contribution is 2.26. The fraction of sp³-hybridized carbons (Fsp3) is 0.364. The molecular formula is C22H26Cl2N6O3. The number of anilines is 1. The van der Waals surface area contributed by atoms with Crippen LogP contribution < -0.4 is 10.6 Å². The summed E-state index contributed by atoms with van der Waals surface area (Å²) in [6, 6.07) is 4.65. The van der Waals surface area contributed by atoms with Crippen LogP contribution in [-0.2, 0) is 4.79 Å². The van der Waals surface area contributed by atoms with Crippen molar-refractivity contribution in [1.29, 1.82) is 0 Å². The van der Waals surface area contributed by atoms with Gasteiger partial charge in [-0.15, -0.1) is 0 Å². The highest BCUT2D eigenvalue weighted by atomic mass is 35.5. The van der Waals surface area contributed by atoms with Gasteiger partial charge >= 0.3 is 0 Å². The number of aromatic amines is 1. The van der Waals surface area contributed by atoms with Crippen LogP contribution in [0.2, 0.25) is 10.0 Å². The van der Waals surface area contributed by atoms with E-state index in [0.29, 0.717) is 32.5 Å². The van der Waals surface area contributed by atoms with E-state index in [4.69, 9.17) is 23.2 Å². The number of hydrogen-bond acceptors (Lipinski definition) is 5. The van der Waals surface area contributed by atoms with Crippen molar-refractivity contribution >= 4 is 46.6 Å². The number of likely N-dealkylation sites (tertiary alicyclic amines) is 1. The molecule has 1 aromatic heterocycles. The summed E-state index contributed by atoms with van der Waals surface area (Å²) in [4.78, 5) is 41.4. The van der Waals surface area contributed by atoms with Crippen molar-refractivity contribution in [3.8, 4) is 0 Å². The SMILES string of the molecule is CN(C)C/C=C/C(=O)N1CCC(NC(=O)c2[nH]ncc2NC(=O)c2c(Cl)cccc2Cl)CC1. The Balaban J connectivity index is 1.55. The molecule has 0 aliphatic carbocycles. The molecule has 176 valence electrons. The molecular weight excluding hydrogens is 467 g/mol. The van der Waals surface area contributed by atoms with Crippen molar-refractivity contribution in [2.75, 3.05) is 39.0 Å². The van der Waals surface area contributed by atoms with E-state index in [9.17, 15) is 14.4 Å². The molecule has 0 radical (unpaired) electrons. The summed E-state index contributed by atoms with van der Waals surface area (Å²) in [5, 5.41) is 12.5. The predicted octanol–water partition coefficient (Wildman–Crippen LogP) is 2.81. The fourth-order valence-corrected chi connectivity index (χ4v) is 3.99. The third kappa shape index (κ3) is 6.56. The van der Waals surface area contributed by atoms with Crippen LogP contribution >= 0.6 is 23.2 Å². The first-order valence-electron chi connectivity index (χ1n) is 10.5. The predicted molar refractivity (Wildman–Crippen MR) is 128 cm³/mol. The van der Waals surface area contributed by atoms with Gasteiger partial charge in [0.25, 0.3) is 11.8 Å². The number of hydrogen-bond donors (Lipinski definition) is 3. The molecule has 0 atom stereocenters. The molecule has 2 aromatic rings. The first-order chi connectivity index (χ1) is 15.8. The van der Waals surface area contributed by atoms with Gasteiger partial charge in [-0.1, -0.05) is 35.3 Å². The zero-order chi connectivity index (χ0) is 24.0.